The number of rotatable bonds is 4. The Morgan fingerprint density at radius 3 is 2.84 bits per heavy atom. The van der Waals surface area contributed by atoms with Gasteiger partial charge in [-0.1, -0.05) is 20.8 Å². The molecule has 0 aliphatic carbocycles. The van der Waals surface area contributed by atoms with Crippen LogP contribution in [0.1, 0.15) is 49.2 Å². The Balaban J connectivity index is 1.96. The molecule has 2 rings (SSSR count). The first-order valence-corrected chi connectivity index (χ1v) is 7.61. The van der Waals surface area contributed by atoms with Crippen molar-refractivity contribution in [3.05, 3.63) is 15.6 Å². The number of hydrogen-bond donors (Lipinski definition) is 1. The SMILES string of the molecule is CC(C)(C)c1nc2c(s1)CN(CCCC(=O)O)CC2. The van der Waals surface area contributed by atoms with Gasteiger partial charge < -0.3 is 5.11 Å². The fourth-order valence-corrected chi connectivity index (χ4v) is 3.42. The Labute approximate surface area is 118 Å². The van der Waals surface area contributed by atoms with Gasteiger partial charge in [-0.25, -0.2) is 4.98 Å². The smallest absolute Gasteiger partial charge is 0.303 e. The van der Waals surface area contributed by atoms with Gasteiger partial charge >= 0.3 is 5.97 Å². The first-order valence-electron chi connectivity index (χ1n) is 6.79. The summed E-state index contributed by atoms with van der Waals surface area (Å²) in [4.78, 5) is 19.0. The van der Waals surface area contributed by atoms with Gasteiger partial charge in [-0.2, -0.15) is 0 Å². The number of nitrogens with zero attached hydrogens (tertiary/aromatic N) is 2. The van der Waals surface area contributed by atoms with E-state index in [0.717, 1.165) is 32.5 Å². The molecule has 0 fully saturated rings. The normalized spacial score (nSPS) is 16.4. The fourth-order valence-electron chi connectivity index (χ4n) is 2.21. The van der Waals surface area contributed by atoms with Gasteiger partial charge in [-0.05, 0) is 13.0 Å². The molecule has 1 N–H and O–H groups in total. The standard InChI is InChI=1S/C14H22N2O2S/c1-14(2,3)13-15-10-6-8-16(9-11(10)19-13)7-4-5-12(17)18/h4-9H2,1-3H3,(H,17,18). The van der Waals surface area contributed by atoms with Crippen LogP contribution in [-0.4, -0.2) is 34.0 Å². The molecule has 0 saturated heterocycles. The van der Waals surface area contributed by atoms with E-state index in [1.165, 1.54) is 15.6 Å². The summed E-state index contributed by atoms with van der Waals surface area (Å²) < 4.78 is 0. The van der Waals surface area contributed by atoms with E-state index in [1.807, 2.05) is 11.3 Å². The molecular weight excluding hydrogens is 260 g/mol. The van der Waals surface area contributed by atoms with Crippen molar-refractivity contribution in [1.29, 1.82) is 0 Å². The Hall–Kier alpha value is -0.940. The van der Waals surface area contributed by atoms with E-state index in [9.17, 15) is 4.79 Å². The third-order valence-corrected chi connectivity index (χ3v) is 4.83. The summed E-state index contributed by atoms with van der Waals surface area (Å²) in [6.07, 6.45) is 1.99. The molecule has 5 heteroatoms. The molecule has 0 spiro atoms. The highest BCUT2D eigenvalue weighted by molar-refractivity contribution is 7.11. The molecule has 0 aromatic carbocycles. The van der Waals surface area contributed by atoms with Crippen molar-refractivity contribution in [1.82, 2.24) is 9.88 Å². The summed E-state index contributed by atoms with van der Waals surface area (Å²) in [5.41, 5.74) is 1.38. The lowest BCUT2D eigenvalue weighted by Gasteiger charge is -2.25. The lowest BCUT2D eigenvalue weighted by molar-refractivity contribution is -0.137. The van der Waals surface area contributed by atoms with Crippen LogP contribution in [-0.2, 0) is 23.2 Å². The number of aliphatic carboxylic acids is 1. The van der Waals surface area contributed by atoms with Crippen LogP contribution in [0.15, 0.2) is 0 Å². The minimum absolute atomic E-state index is 0.121. The van der Waals surface area contributed by atoms with Crippen molar-refractivity contribution >= 4 is 17.3 Å². The van der Waals surface area contributed by atoms with Crippen LogP contribution in [0, 0.1) is 0 Å². The van der Waals surface area contributed by atoms with Gasteiger partial charge in [0.2, 0.25) is 0 Å². The van der Waals surface area contributed by atoms with E-state index in [-0.39, 0.29) is 11.8 Å². The minimum Gasteiger partial charge on any atom is -0.481 e. The van der Waals surface area contributed by atoms with E-state index < -0.39 is 5.97 Å². The fraction of sp³-hybridized carbons (Fsp3) is 0.714. The molecule has 0 bridgehead atoms. The van der Waals surface area contributed by atoms with Crippen LogP contribution >= 0.6 is 11.3 Å². The second-order valence-corrected chi connectivity index (χ2v) is 7.25. The number of thiazole rings is 1. The molecule has 0 unspecified atom stereocenters. The Kier molecular flexibility index (Phi) is 4.26. The zero-order valence-electron chi connectivity index (χ0n) is 11.9. The van der Waals surface area contributed by atoms with Gasteiger partial charge in [0.05, 0.1) is 10.7 Å². The van der Waals surface area contributed by atoms with Crippen LogP contribution in [0.2, 0.25) is 0 Å². The molecule has 1 aromatic heterocycles. The van der Waals surface area contributed by atoms with Crippen LogP contribution in [0.4, 0.5) is 0 Å². The molecule has 0 saturated carbocycles. The van der Waals surface area contributed by atoms with E-state index in [0.29, 0.717) is 0 Å². The predicted octanol–water partition coefficient (Wildman–Crippen LogP) is 2.66. The van der Waals surface area contributed by atoms with Crippen LogP contribution in [0.3, 0.4) is 0 Å². The van der Waals surface area contributed by atoms with Gasteiger partial charge in [0.1, 0.15) is 0 Å². The van der Waals surface area contributed by atoms with Crippen LogP contribution in [0.25, 0.3) is 0 Å². The number of aromatic nitrogens is 1. The zero-order chi connectivity index (χ0) is 14.0. The Bertz CT molecular complexity index is 463. The third kappa shape index (κ3) is 3.76. The Morgan fingerprint density at radius 2 is 2.21 bits per heavy atom. The summed E-state index contributed by atoms with van der Waals surface area (Å²) >= 11 is 1.82. The van der Waals surface area contributed by atoms with E-state index >= 15 is 0 Å². The molecule has 1 aromatic rings. The van der Waals surface area contributed by atoms with Crippen molar-refractivity contribution < 1.29 is 9.90 Å². The monoisotopic (exact) mass is 282 g/mol. The number of carboxylic acid groups (broad SMARTS) is 1. The van der Waals surface area contributed by atoms with E-state index in [1.54, 1.807) is 0 Å². The van der Waals surface area contributed by atoms with Gasteiger partial charge in [-0.3, -0.25) is 9.69 Å². The van der Waals surface area contributed by atoms with Crippen molar-refractivity contribution in [2.24, 2.45) is 0 Å². The molecule has 19 heavy (non-hydrogen) atoms. The second kappa shape index (κ2) is 5.59. The van der Waals surface area contributed by atoms with Gasteiger partial charge in [-0.15, -0.1) is 11.3 Å². The number of fused-ring (bicyclic) bond motifs is 1. The van der Waals surface area contributed by atoms with Gasteiger partial charge in [0.15, 0.2) is 0 Å². The minimum atomic E-state index is -0.703. The molecule has 0 atom stereocenters. The van der Waals surface area contributed by atoms with Crippen molar-refractivity contribution in [2.45, 2.75) is 52.0 Å². The maximum Gasteiger partial charge on any atom is 0.303 e. The van der Waals surface area contributed by atoms with Crippen LogP contribution in [0.5, 0.6) is 0 Å². The lowest BCUT2D eigenvalue weighted by atomic mass is 9.98. The average Bonchev–Trinajstić information content (AvgIpc) is 2.71. The first kappa shape index (κ1) is 14.5. The average molecular weight is 282 g/mol. The summed E-state index contributed by atoms with van der Waals surface area (Å²) in [6, 6.07) is 0. The first-order chi connectivity index (χ1) is 8.86. The number of hydrogen-bond acceptors (Lipinski definition) is 4. The highest BCUT2D eigenvalue weighted by atomic mass is 32.1. The lowest BCUT2D eigenvalue weighted by Crippen LogP contribution is -2.31. The number of carboxylic acids is 1. The molecule has 1 aliphatic heterocycles. The maximum atomic E-state index is 10.5. The number of carbonyl (C=O) groups is 1. The molecule has 2 heterocycles. The van der Waals surface area contributed by atoms with Crippen molar-refractivity contribution in [3.8, 4) is 0 Å². The van der Waals surface area contributed by atoms with E-state index in [4.69, 9.17) is 10.1 Å². The molecule has 0 amide bonds. The zero-order valence-corrected chi connectivity index (χ0v) is 12.7. The highest BCUT2D eigenvalue weighted by Crippen LogP contribution is 2.32. The summed E-state index contributed by atoms with van der Waals surface area (Å²) in [5.74, 6) is -0.703. The quantitative estimate of drug-likeness (QED) is 0.922. The largest absolute Gasteiger partial charge is 0.481 e. The summed E-state index contributed by atoms with van der Waals surface area (Å²) in [7, 11) is 0. The molecule has 4 nitrogen and oxygen atoms in total. The Morgan fingerprint density at radius 1 is 1.47 bits per heavy atom. The van der Waals surface area contributed by atoms with Gasteiger partial charge in [0.25, 0.3) is 0 Å². The van der Waals surface area contributed by atoms with Crippen molar-refractivity contribution in [3.63, 3.8) is 0 Å². The van der Waals surface area contributed by atoms with Crippen molar-refractivity contribution in [2.75, 3.05) is 13.1 Å². The highest BCUT2D eigenvalue weighted by Gasteiger charge is 2.25. The summed E-state index contributed by atoms with van der Waals surface area (Å²) in [6.45, 7) is 9.39. The second-order valence-electron chi connectivity index (χ2n) is 6.16. The topological polar surface area (TPSA) is 53.4 Å². The summed E-state index contributed by atoms with van der Waals surface area (Å²) in [5, 5.41) is 9.88. The molecule has 106 valence electrons. The third-order valence-electron chi connectivity index (χ3n) is 3.32. The maximum absolute atomic E-state index is 10.5. The molecule has 1 aliphatic rings. The predicted molar refractivity (Wildman–Crippen MR) is 76.7 cm³/mol. The molecular formula is C14H22N2O2S. The van der Waals surface area contributed by atoms with Gasteiger partial charge in [0, 0.05) is 36.2 Å². The van der Waals surface area contributed by atoms with E-state index in [2.05, 4.69) is 25.7 Å². The molecule has 0 radical (unpaired) electrons. The van der Waals surface area contributed by atoms with Crippen LogP contribution < -0.4 is 0 Å².